The molecule has 1 atom stereocenters. The number of amides is 1. The van der Waals surface area contributed by atoms with Crippen LogP contribution in [0.5, 0.6) is 0 Å². The molecule has 2 heterocycles. The van der Waals surface area contributed by atoms with Gasteiger partial charge in [0.1, 0.15) is 11.1 Å². The lowest BCUT2D eigenvalue weighted by atomic mass is 9.72. The maximum Gasteiger partial charge on any atom is 0.292 e. The van der Waals surface area contributed by atoms with Crippen molar-refractivity contribution in [1.29, 1.82) is 5.26 Å². The van der Waals surface area contributed by atoms with Gasteiger partial charge in [-0.2, -0.15) is 5.26 Å². The number of nitrogens with one attached hydrogen (secondary N) is 1. The quantitative estimate of drug-likeness (QED) is 0.727. The second-order valence-corrected chi connectivity index (χ2v) is 9.07. The molecule has 24 heavy (non-hydrogen) atoms. The van der Waals surface area contributed by atoms with Crippen molar-refractivity contribution in [2.45, 2.75) is 40.0 Å². The van der Waals surface area contributed by atoms with Gasteiger partial charge in [-0.15, -0.1) is 11.3 Å². The topological polar surface area (TPSA) is 66.0 Å². The molecule has 126 valence electrons. The summed E-state index contributed by atoms with van der Waals surface area (Å²) in [5, 5.41) is 13.0. The molecule has 0 unspecified atom stereocenters. The van der Waals surface area contributed by atoms with E-state index in [2.05, 4.69) is 48.1 Å². The fourth-order valence-corrected chi connectivity index (χ4v) is 4.71. The van der Waals surface area contributed by atoms with Crippen LogP contribution >= 0.6 is 27.3 Å². The molecule has 1 amide bonds. The maximum absolute atomic E-state index is 12.3. The van der Waals surface area contributed by atoms with Gasteiger partial charge < -0.3 is 9.73 Å². The van der Waals surface area contributed by atoms with Gasteiger partial charge in [-0.05, 0) is 64.2 Å². The highest BCUT2D eigenvalue weighted by Gasteiger charge is 2.32. The molecule has 0 radical (unpaired) electrons. The van der Waals surface area contributed by atoms with Crippen LogP contribution < -0.4 is 5.32 Å². The minimum atomic E-state index is -0.330. The van der Waals surface area contributed by atoms with Gasteiger partial charge in [0.25, 0.3) is 5.91 Å². The summed E-state index contributed by atoms with van der Waals surface area (Å²) in [7, 11) is 0. The Bertz CT molecular complexity index is 823. The summed E-state index contributed by atoms with van der Waals surface area (Å²) < 4.78 is 5.79. The molecule has 0 aromatic carbocycles. The van der Waals surface area contributed by atoms with Crippen LogP contribution in [0.1, 0.15) is 53.8 Å². The molecule has 6 heteroatoms. The smallest absolute Gasteiger partial charge is 0.292 e. The molecule has 1 aliphatic carbocycles. The van der Waals surface area contributed by atoms with Crippen LogP contribution in [0.25, 0.3) is 0 Å². The lowest BCUT2D eigenvalue weighted by molar-refractivity contribution is 0.0996. The predicted octanol–water partition coefficient (Wildman–Crippen LogP) is 5.38. The lowest BCUT2D eigenvalue weighted by Gasteiger charge is -2.33. The Morgan fingerprint density at radius 3 is 2.79 bits per heavy atom. The number of hydrogen-bond donors (Lipinski definition) is 1. The molecular formula is C18H19BrN2O2S. The molecule has 4 nitrogen and oxygen atoms in total. The molecule has 2 aromatic heterocycles. The number of fused-ring (bicyclic) bond motifs is 1. The zero-order valence-electron chi connectivity index (χ0n) is 13.9. The summed E-state index contributed by atoms with van der Waals surface area (Å²) in [6.07, 6.45) is 2.96. The first-order chi connectivity index (χ1) is 11.3. The number of halogens is 1. The van der Waals surface area contributed by atoms with Crippen LogP contribution in [0.15, 0.2) is 21.2 Å². The van der Waals surface area contributed by atoms with Gasteiger partial charge in [0, 0.05) is 4.88 Å². The molecule has 0 saturated heterocycles. The maximum atomic E-state index is 12.3. The Hall–Kier alpha value is -1.58. The normalized spacial score (nSPS) is 17.2. The van der Waals surface area contributed by atoms with Crippen LogP contribution in [0, 0.1) is 22.7 Å². The van der Waals surface area contributed by atoms with Gasteiger partial charge in [-0.1, -0.05) is 20.8 Å². The minimum absolute atomic E-state index is 0.227. The first-order valence-corrected chi connectivity index (χ1v) is 9.52. The standard InChI is InChI=1S/C18H19BrN2O2S/c1-18(2,3)10-4-5-11-12(9-20)17(24-14(11)8-10)21-16(22)13-6-7-15(19)23-13/h6-7,10H,4-5,8H2,1-3H3,(H,21,22)/t10-/m1/s1. The fraction of sp³-hybridized carbons (Fsp3) is 0.444. The second kappa shape index (κ2) is 6.38. The highest BCUT2D eigenvalue weighted by molar-refractivity contribution is 9.10. The van der Waals surface area contributed by atoms with E-state index in [1.807, 2.05) is 0 Å². The number of hydrogen-bond acceptors (Lipinski definition) is 4. The zero-order valence-corrected chi connectivity index (χ0v) is 16.3. The van der Waals surface area contributed by atoms with Crippen molar-refractivity contribution in [2.75, 3.05) is 5.32 Å². The van der Waals surface area contributed by atoms with Crippen LogP contribution in [0.2, 0.25) is 0 Å². The van der Waals surface area contributed by atoms with Crippen molar-refractivity contribution in [1.82, 2.24) is 0 Å². The van der Waals surface area contributed by atoms with Crippen molar-refractivity contribution >= 4 is 38.2 Å². The Morgan fingerprint density at radius 2 is 2.21 bits per heavy atom. The van der Waals surface area contributed by atoms with E-state index in [4.69, 9.17) is 4.42 Å². The number of furan rings is 1. The molecule has 2 aromatic rings. The van der Waals surface area contributed by atoms with E-state index < -0.39 is 0 Å². The van der Waals surface area contributed by atoms with Crippen LogP contribution in [0.4, 0.5) is 5.00 Å². The highest BCUT2D eigenvalue weighted by atomic mass is 79.9. The van der Waals surface area contributed by atoms with E-state index in [1.165, 1.54) is 16.2 Å². The van der Waals surface area contributed by atoms with E-state index in [0.717, 1.165) is 24.8 Å². The van der Waals surface area contributed by atoms with Crippen LogP contribution in [-0.2, 0) is 12.8 Å². The van der Waals surface area contributed by atoms with Gasteiger partial charge in [0.2, 0.25) is 0 Å². The summed E-state index contributed by atoms with van der Waals surface area (Å²) in [4.78, 5) is 13.5. The monoisotopic (exact) mass is 406 g/mol. The predicted molar refractivity (Wildman–Crippen MR) is 98.4 cm³/mol. The van der Waals surface area contributed by atoms with Gasteiger partial charge in [0.05, 0.1) is 5.56 Å². The minimum Gasteiger partial charge on any atom is -0.444 e. The lowest BCUT2D eigenvalue weighted by Crippen LogP contribution is -2.26. The Labute approximate surface area is 154 Å². The van der Waals surface area contributed by atoms with Crippen molar-refractivity contribution < 1.29 is 9.21 Å². The largest absolute Gasteiger partial charge is 0.444 e. The summed E-state index contributed by atoms with van der Waals surface area (Å²) in [5.74, 6) is 0.493. The number of rotatable bonds is 2. The van der Waals surface area contributed by atoms with Crippen LogP contribution in [0.3, 0.4) is 0 Å². The highest BCUT2D eigenvalue weighted by Crippen LogP contribution is 2.44. The number of thiophene rings is 1. The average molecular weight is 407 g/mol. The van der Waals surface area contributed by atoms with E-state index in [0.29, 0.717) is 21.2 Å². The summed E-state index contributed by atoms with van der Waals surface area (Å²) >= 11 is 4.72. The van der Waals surface area contributed by atoms with Crippen molar-refractivity contribution in [2.24, 2.45) is 11.3 Å². The third-order valence-electron chi connectivity index (χ3n) is 4.63. The summed E-state index contributed by atoms with van der Waals surface area (Å²) in [5.41, 5.74) is 1.97. The number of carbonyl (C=O) groups excluding carboxylic acids is 1. The average Bonchev–Trinajstić information content (AvgIpc) is 3.08. The molecule has 0 bridgehead atoms. The summed E-state index contributed by atoms with van der Waals surface area (Å²) in [6.45, 7) is 6.79. The third kappa shape index (κ3) is 3.28. The number of anilines is 1. The molecule has 0 aliphatic heterocycles. The van der Waals surface area contributed by atoms with Gasteiger partial charge in [0.15, 0.2) is 10.4 Å². The molecule has 0 spiro atoms. The number of nitrogens with zero attached hydrogens (tertiary/aromatic N) is 1. The zero-order chi connectivity index (χ0) is 17.5. The van der Waals surface area contributed by atoms with E-state index in [9.17, 15) is 10.1 Å². The molecule has 0 fully saturated rings. The molecule has 0 saturated carbocycles. The van der Waals surface area contributed by atoms with E-state index >= 15 is 0 Å². The van der Waals surface area contributed by atoms with E-state index in [-0.39, 0.29) is 17.1 Å². The SMILES string of the molecule is CC(C)(C)[C@@H]1CCc2c(sc(NC(=O)c3ccc(Br)o3)c2C#N)C1. The third-order valence-corrected chi connectivity index (χ3v) is 6.22. The van der Waals surface area contributed by atoms with E-state index in [1.54, 1.807) is 12.1 Å². The van der Waals surface area contributed by atoms with Gasteiger partial charge in [-0.25, -0.2) is 0 Å². The Morgan fingerprint density at radius 1 is 1.46 bits per heavy atom. The van der Waals surface area contributed by atoms with Crippen LogP contribution in [-0.4, -0.2) is 5.91 Å². The summed E-state index contributed by atoms with van der Waals surface area (Å²) in [6, 6.07) is 5.56. The second-order valence-electron chi connectivity index (χ2n) is 7.18. The first-order valence-electron chi connectivity index (χ1n) is 7.91. The number of carbonyl (C=O) groups is 1. The van der Waals surface area contributed by atoms with Gasteiger partial charge in [-0.3, -0.25) is 4.79 Å². The van der Waals surface area contributed by atoms with Crippen molar-refractivity contribution in [3.8, 4) is 6.07 Å². The molecular weight excluding hydrogens is 388 g/mol. The fourth-order valence-electron chi connectivity index (χ4n) is 3.13. The Balaban J connectivity index is 1.87. The molecule has 1 aliphatic rings. The molecule has 1 N–H and O–H groups in total. The number of nitriles is 1. The Kier molecular flexibility index (Phi) is 4.58. The molecule has 3 rings (SSSR count). The van der Waals surface area contributed by atoms with Gasteiger partial charge >= 0.3 is 0 Å². The van der Waals surface area contributed by atoms with Crippen molar-refractivity contribution in [3.63, 3.8) is 0 Å². The first kappa shape index (κ1) is 17.2. The van der Waals surface area contributed by atoms with Crippen molar-refractivity contribution in [3.05, 3.63) is 38.6 Å².